The highest BCUT2D eigenvalue weighted by molar-refractivity contribution is 5.76. The molecule has 8 nitrogen and oxygen atoms in total. The minimum absolute atomic E-state index is 0.159. The maximum atomic E-state index is 12.2. The number of amides is 1. The Morgan fingerprint density at radius 3 is 2.85 bits per heavy atom. The van der Waals surface area contributed by atoms with E-state index in [1.54, 1.807) is 18.2 Å². The van der Waals surface area contributed by atoms with Crippen LogP contribution in [0, 0.1) is 0 Å². The van der Waals surface area contributed by atoms with Crippen LogP contribution in [0.1, 0.15) is 5.82 Å². The standard InChI is InChI=1S/C19H17N5O3/c25-18(20-10-9-17-21-13-4-1-2-5-14(13)22-17)12-24-19(26)8-7-15(23-24)16-6-3-11-27-16/h1-8,11H,9-10,12H2,(H,20,25)(H,21,22). The van der Waals surface area contributed by atoms with Gasteiger partial charge in [-0.15, -0.1) is 0 Å². The highest BCUT2D eigenvalue weighted by Crippen LogP contribution is 2.15. The third-order valence-corrected chi connectivity index (χ3v) is 4.06. The molecule has 136 valence electrons. The Hall–Kier alpha value is -3.68. The zero-order chi connectivity index (χ0) is 18.6. The van der Waals surface area contributed by atoms with Crippen molar-refractivity contribution < 1.29 is 9.21 Å². The Bertz CT molecular complexity index is 1090. The lowest BCUT2D eigenvalue weighted by molar-refractivity contribution is -0.121. The number of aromatic amines is 1. The first-order chi connectivity index (χ1) is 13.2. The van der Waals surface area contributed by atoms with E-state index >= 15 is 0 Å². The molecule has 27 heavy (non-hydrogen) atoms. The molecule has 4 aromatic rings. The predicted molar refractivity (Wildman–Crippen MR) is 99.0 cm³/mol. The summed E-state index contributed by atoms with van der Waals surface area (Å²) in [6.45, 7) is 0.249. The zero-order valence-electron chi connectivity index (χ0n) is 14.4. The van der Waals surface area contributed by atoms with Crippen LogP contribution < -0.4 is 10.9 Å². The van der Waals surface area contributed by atoms with Crippen molar-refractivity contribution in [3.05, 3.63) is 71.0 Å². The Kier molecular flexibility index (Phi) is 4.52. The molecular formula is C19H17N5O3. The highest BCUT2D eigenvalue weighted by Gasteiger charge is 2.09. The molecule has 2 N–H and O–H groups in total. The molecule has 0 saturated carbocycles. The lowest BCUT2D eigenvalue weighted by atomic mass is 10.3. The summed E-state index contributed by atoms with van der Waals surface area (Å²) in [5.74, 6) is 1.04. The Balaban J connectivity index is 1.36. The monoisotopic (exact) mass is 363 g/mol. The average Bonchev–Trinajstić information content (AvgIpc) is 3.32. The van der Waals surface area contributed by atoms with Crippen molar-refractivity contribution in [3.8, 4) is 11.5 Å². The van der Waals surface area contributed by atoms with Gasteiger partial charge in [-0.1, -0.05) is 12.1 Å². The first-order valence-corrected chi connectivity index (χ1v) is 8.51. The van der Waals surface area contributed by atoms with Gasteiger partial charge in [-0.2, -0.15) is 5.10 Å². The third kappa shape index (κ3) is 3.79. The van der Waals surface area contributed by atoms with Gasteiger partial charge in [0.05, 0.1) is 17.3 Å². The predicted octanol–water partition coefficient (Wildman–Crippen LogP) is 1.74. The Labute approximate surface area is 153 Å². The number of nitrogens with one attached hydrogen (secondary N) is 2. The summed E-state index contributed by atoms with van der Waals surface area (Å²) in [4.78, 5) is 31.8. The summed E-state index contributed by atoms with van der Waals surface area (Å²) in [5.41, 5.74) is 2.00. The maximum Gasteiger partial charge on any atom is 0.267 e. The molecule has 0 bridgehead atoms. The second-order valence-corrected chi connectivity index (χ2v) is 5.99. The number of rotatable bonds is 6. The lowest BCUT2D eigenvalue weighted by Crippen LogP contribution is -2.34. The van der Waals surface area contributed by atoms with Crippen LogP contribution >= 0.6 is 0 Å². The number of carbonyl (C=O) groups excluding carboxylic acids is 1. The molecule has 0 aliphatic rings. The second kappa shape index (κ2) is 7.28. The van der Waals surface area contributed by atoms with Gasteiger partial charge in [0.1, 0.15) is 18.1 Å². The summed E-state index contributed by atoms with van der Waals surface area (Å²) in [5, 5.41) is 6.96. The number of nitrogens with zero attached hydrogens (tertiary/aromatic N) is 3. The van der Waals surface area contributed by atoms with E-state index in [1.165, 1.54) is 12.3 Å². The molecule has 3 heterocycles. The number of hydrogen-bond donors (Lipinski definition) is 2. The molecule has 0 fully saturated rings. The number of benzene rings is 1. The van der Waals surface area contributed by atoms with E-state index in [0.717, 1.165) is 21.5 Å². The van der Waals surface area contributed by atoms with Crippen molar-refractivity contribution in [1.82, 2.24) is 25.1 Å². The van der Waals surface area contributed by atoms with Gasteiger partial charge in [-0.3, -0.25) is 9.59 Å². The van der Waals surface area contributed by atoms with Crippen molar-refractivity contribution in [2.75, 3.05) is 6.54 Å². The van der Waals surface area contributed by atoms with Crippen molar-refractivity contribution in [3.63, 3.8) is 0 Å². The second-order valence-electron chi connectivity index (χ2n) is 5.99. The normalized spacial score (nSPS) is 11.0. The molecule has 0 aliphatic heterocycles. The molecule has 4 rings (SSSR count). The molecule has 1 amide bonds. The van der Waals surface area contributed by atoms with Crippen LogP contribution in [0.4, 0.5) is 0 Å². The van der Waals surface area contributed by atoms with Crippen LogP contribution in [0.15, 0.2) is 64.0 Å². The number of imidazole rings is 1. The smallest absolute Gasteiger partial charge is 0.267 e. The first-order valence-electron chi connectivity index (χ1n) is 8.51. The fraction of sp³-hybridized carbons (Fsp3) is 0.158. The van der Waals surface area contributed by atoms with Crippen molar-refractivity contribution in [1.29, 1.82) is 0 Å². The number of fused-ring (bicyclic) bond motifs is 1. The van der Waals surface area contributed by atoms with Crippen LogP contribution in [-0.2, 0) is 17.8 Å². The van der Waals surface area contributed by atoms with Crippen LogP contribution in [0.3, 0.4) is 0 Å². The fourth-order valence-corrected chi connectivity index (χ4v) is 2.75. The van der Waals surface area contributed by atoms with E-state index in [-0.39, 0.29) is 18.0 Å². The van der Waals surface area contributed by atoms with Gasteiger partial charge >= 0.3 is 0 Å². The number of H-pyrrole nitrogens is 1. The summed E-state index contributed by atoms with van der Waals surface area (Å²) in [7, 11) is 0. The zero-order valence-corrected chi connectivity index (χ0v) is 14.4. The number of para-hydroxylation sites is 2. The molecule has 0 spiro atoms. The quantitative estimate of drug-likeness (QED) is 0.543. The highest BCUT2D eigenvalue weighted by atomic mass is 16.3. The van der Waals surface area contributed by atoms with E-state index in [9.17, 15) is 9.59 Å². The van der Waals surface area contributed by atoms with E-state index in [2.05, 4.69) is 20.4 Å². The molecular weight excluding hydrogens is 346 g/mol. The van der Waals surface area contributed by atoms with Crippen molar-refractivity contribution in [2.45, 2.75) is 13.0 Å². The van der Waals surface area contributed by atoms with Crippen LogP contribution in [0.5, 0.6) is 0 Å². The average molecular weight is 363 g/mol. The number of furan rings is 1. The van der Waals surface area contributed by atoms with Crippen molar-refractivity contribution >= 4 is 16.9 Å². The molecule has 0 saturated heterocycles. The fourth-order valence-electron chi connectivity index (χ4n) is 2.75. The molecule has 0 unspecified atom stereocenters. The van der Waals surface area contributed by atoms with E-state index in [0.29, 0.717) is 24.4 Å². The van der Waals surface area contributed by atoms with E-state index in [4.69, 9.17) is 4.42 Å². The number of carbonyl (C=O) groups is 1. The van der Waals surface area contributed by atoms with Gasteiger partial charge in [-0.25, -0.2) is 9.67 Å². The lowest BCUT2D eigenvalue weighted by Gasteiger charge is -2.07. The van der Waals surface area contributed by atoms with Gasteiger partial charge in [0.25, 0.3) is 5.56 Å². The maximum absolute atomic E-state index is 12.2. The van der Waals surface area contributed by atoms with Gasteiger partial charge in [-0.05, 0) is 30.3 Å². The van der Waals surface area contributed by atoms with Gasteiger partial charge in [0.15, 0.2) is 5.76 Å². The summed E-state index contributed by atoms with van der Waals surface area (Å²) < 4.78 is 6.39. The van der Waals surface area contributed by atoms with Crippen LogP contribution in [-0.4, -0.2) is 32.2 Å². The van der Waals surface area contributed by atoms with Gasteiger partial charge < -0.3 is 14.7 Å². The molecule has 1 aromatic carbocycles. The molecule has 0 aliphatic carbocycles. The van der Waals surface area contributed by atoms with Gasteiger partial charge in [0.2, 0.25) is 5.91 Å². The van der Waals surface area contributed by atoms with E-state index < -0.39 is 0 Å². The largest absolute Gasteiger partial charge is 0.463 e. The third-order valence-electron chi connectivity index (χ3n) is 4.06. The minimum atomic E-state index is -0.349. The van der Waals surface area contributed by atoms with Gasteiger partial charge in [0, 0.05) is 19.0 Å². The van der Waals surface area contributed by atoms with Crippen LogP contribution in [0.2, 0.25) is 0 Å². The summed E-state index contributed by atoms with van der Waals surface area (Å²) >= 11 is 0. The Morgan fingerprint density at radius 2 is 2.04 bits per heavy atom. The number of hydrogen-bond acceptors (Lipinski definition) is 5. The summed E-state index contributed by atoms with van der Waals surface area (Å²) in [6.07, 6.45) is 2.09. The SMILES string of the molecule is O=C(Cn1nc(-c2ccco2)ccc1=O)NCCc1nc2ccccc2[nH]1. The molecule has 3 aromatic heterocycles. The minimum Gasteiger partial charge on any atom is -0.463 e. The van der Waals surface area contributed by atoms with E-state index in [1.807, 2.05) is 24.3 Å². The molecule has 0 radical (unpaired) electrons. The topological polar surface area (TPSA) is 106 Å². The van der Waals surface area contributed by atoms with Crippen molar-refractivity contribution in [2.24, 2.45) is 0 Å². The first kappa shape index (κ1) is 16.8. The number of aromatic nitrogens is 4. The van der Waals surface area contributed by atoms with Crippen LogP contribution in [0.25, 0.3) is 22.5 Å². The Morgan fingerprint density at radius 1 is 1.15 bits per heavy atom. The molecule has 8 heteroatoms. The molecule has 0 atom stereocenters. The summed E-state index contributed by atoms with van der Waals surface area (Å²) in [6, 6.07) is 14.2.